The van der Waals surface area contributed by atoms with Gasteiger partial charge in [-0.2, -0.15) is 0 Å². The van der Waals surface area contributed by atoms with Crippen LogP contribution in [-0.4, -0.2) is 31.6 Å². The van der Waals surface area contributed by atoms with Crippen LogP contribution in [0.3, 0.4) is 0 Å². The first kappa shape index (κ1) is 17.8. The highest BCUT2D eigenvalue weighted by Crippen LogP contribution is 2.20. The Hall–Kier alpha value is -2.53. The largest absolute Gasteiger partial charge is 0.492 e. The highest BCUT2D eigenvalue weighted by molar-refractivity contribution is 6.34. The van der Waals surface area contributed by atoms with Crippen molar-refractivity contribution in [3.63, 3.8) is 0 Å². The number of alkyl carbamates (subject to hydrolysis) is 1. The van der Waals surface area contributed by atoms with Crippen LogP contribution in [0.4, 0.5) is 4.79 Å². The van der Waals surface area contributed by atoms with Crippen LogP contribution in [0.15, 0.2) is 48.5 Å². The maximum atomic E-state index is 12.4. The summed E-state index contributed by atoms with van der Waals surface area (Å²) in [5.74, 6) is 0.465. The lowest BCUT2D eigenvalue weighted by Gasteiger charge is -2.08. The second kappa shape index (κ2) is 8.93. The van der Waals surface area contributed by atoms with Crippen molar-refractivity contribution in [2.24, 2.45) is 0 Å². The van der Waals surface area contributed by atoms with Crippen LogP contribution in [0.5, 0.6) is 5.75 Å². The Morgan fingerprint density at radius 2 is 1.79 bits per heavy atom. The van der Waals surface area contributed by atoms with Gasteiger partial charge >= 0.3 is 6.09 Å². The normalized spacial score (nSPS) is 10.1. The van der Waals surface area contributed by atoms with Crippen LogP contribution in [0.25, 0.3) is 0 Å². The van der Waals surface area contributed by atoms with Gasteiger partial charge in [-0.25, -0.2) is 4.79 Å². The van der Waals surface area contributed by atoms with Crippen molar-refractivity contribution in [3.05, 3.63) is 64.7 Å². The molecular weight excluding hydrogens is 330 g/mol. The van der Waals surface area contributed by atoms with Crippen molar-refractivity contribution in [3.8, 4) is 5.75 Å². The molecule has 1 N–H and O–H groups in total. The number of carbonyl (C=O) groups excluding carboxylic acids is 2. The molecule has 0 unspecified atom stereocenters. The van der Waals surface area contributed by atoms with Gasteiger partial charge in [-0.05, 0) is 43.3 Å². The topological polar surface area (TPSA) is 64.6 Å². The number of hydrogen-bond acceptors (Lipinski definition) is 4. The van der Waals surface area contributed by atoms with E-state index in [-0.39, 0.29) is 5.78 Å². The van der Waals surface area contributed by atoms with Gasteiger partial charge in [-0.15, -0.1) is 0 Å². The molecule has 0 bridgehead atoms. The molecule has 0 aliphatic carbocycles. The molecule has 0 spiro atoms. The second-order valence-corrected chi connectivity index (χ2v) is 5.24. The Bertz CT molecular complexity index is 700. The number of amides is 1. The van der Waals surface area contributed by atoms with Crippen LogP contribution in [-0.2, 0) is 4.74 Å². The first-order valence-corrected chi connectivity index (χ1v) is 7.92. The second-order valence-electron chi connectivity index (χ2n) is 4.83. The van der Waals surface area contributed by atoms with E-state index in [4.69, 9.17) is 21.1 Å². The molecule has 0 radical (unpaired) electrons. The minimum absolute atomic E-state index is 0.142. The number of hydrogen-bond donors (Lipinski definition) is 1. The standard InChI is InChI=1S/C18H18ClNO4/c1-2-23-18(22)20-11-12-24-14-9-7-13(8-10-14)17(21)15-5-3-4-6-16(15)19/h3-10H,2,11-12H2,1H3,(H,20,22). The lowest BCUT2D eigenvalue weighted by Crippen LogP contribution is -2.28. The fraction of sp³-hybridized carbons (Fsp3) is 0.222. The first-order chi connectivity index (χ1) is 11.6. The van der Waals surface area contributed by atoms with E-state index in [9.17, 15) is 9.59 Å². The summed E-state index contributed by atoms with van der Waals surface area (Å²) in [4.78, 5) is 23.5. The van der Waals surface area contributed by atoms with E-state index in [1.807, 2.05) is 0 Å². The molecule has 1 amide bonds. The van der Waals surface area contributed by atoms with Crippen molar-refractivity contribution in [2.45, 2.75) is 6.92 Å². The lowest BCUT2D eigenvalue weighted by atomic mass is 10.0. The van der Waals surface area contributed by atoms with Crippen molar-refractivity contribution in [1.82, 2.24) is 5.32 Å². The zero-order valence-electron chi connectivity index (χ0n) is 13.3. The molecule has 0 atom stereocenters. The Balaban J connectivity index is 1.88. The maximum Gasteiger partial charge on any atom is 0.407 e. The van der Waals surface area contributed by atoms with Gasteiger partial charge in [0.15, 0.2) is 5.78 Å². The summed E-state index contributed by atoms with van der Waals surface area (Å²) in [6.45, 7) is 2.70. The molecular formula is C18H18ClNO4. The molecule has 5 nitrogen and oxygen atoms in total. The Labute approximate surface area is 145 Å². The third kappa shape index (κ3) is 4.99. The van der Waals surface area contributed by atoms with Gasteiger partial charge in [0.05, 0.1) is 18.2 Å². The average Bonchev–Trinajstić information content (AvgIpc) is 2.59. The number of ether oxygens (including phenoxy) is 2. The van der Waals surface area contributed by atoms with Crippen LogP contribution in [0.2, 0.25) is 5.02 Å². The minimum atomic E-state index is -0.471. The third-order valence-corrected chi connectivity index (χ3v) is 3.48. The zero-order chi connectivity index (χ0) is 17.4. The third-order valence-electron chi connectivity index (χ3n) is 3.15. The summed E-state index contributed by atoms with van der Waals surface area (Å²) >= 11 is 6.04. The predicted octanol–water partition coefficient (Wildman–Crippen LogP) is 3.70. The smallest absolute Gasteiger partial charge is 0.407 e. The Kier molecular flexibility index (Phi) is 6.63. The number of rotatable bonds is 7. The first-order valence-electron chi connectivity index (χ1n) is 7.54. The molecule has 24 heavy (non-hydrogen) atoms. The molecule has 0 saturated heterocycles. The van der Waals surface area contributed by atoms with Gasteiger partial charge < -0.3 is 14.8 Å². The molecule has 0 saturated carbocycles. The highest BCUT2D eigenvalue weighted by atomic mass is 35.5. The average molecular weight is 348 g/mol. The van der Waals surface area contributed by atoms with Crippen LogP contribution < -0.4 is 10.1 Å². The summed E-state index contributed by atoms with van der Waals surface area (Å²) in [5, 5.41) is 2.98. The molecule has 0 heterocycles. The molecule has 2 aromatic carbocycles. The van der Waals surface area contributed by atoms with Gasteiger partial charge in [-0.3, -0.25) is 4.79 Å². The lowest BCUT2D eigenvalue weighted by molar-refractivity contribution is 0.103. The summed E-state index contributed by atoms with van der Waals surface area (Å²) < 4.78 is 10.2. The van der Waals surface area contributed by atoms with E-state index >= 15 is 0 Å². The van der Waals surface area contributed by atoms with E-state index in [0.717, 1.165) is 0 Å². The van der Waals surface area contributed by atoms with Gasteiger partial charge in [0.25, 0.3) is 0 Å². The van der Waals surface area contributed by atoms with E-state index in [1.54, 1.807) is 55.5 Å². The summed E-state index contributed by atoms with van der Waals surface area (Å²) in [5.41, 5.74) is 0.992. The fourth-order valence-electron chi connectivity index (χ4n) is 2.01. The quantitative estimate of drug-likeness (QED) is 0.612. The molecule has 0 aliphatic heterocycles. The van der Waals surface area contributed by atoms with Crippen LogP contribution in [0.1, 0.15) is 22.8 Å². The van der Waals surface area contributed by atoms with Crippen molar-refractivity contribution < 1.29 is 19.1 Å². The molecule has 0 aromatic heterocycles. The monoisotopic (exact) mass is 347 g/mol. The minimum Gasteiger partial charge on any atom is -0.492 e. The van der Waals surface area contributed by atoms with Gasteiger partial charge in [0.2, 0.25) is 0 Å². The fourth-order valence-corrected chi connectivity index (χ4v) is 2.23. The Morgan fingerprint density at radius 3 is 2.46 bits per heavy atom. The number of halogens is 1. The highest BCUT2D eigenvalue weighted by Gasteiger charge is 2.12. The van der Waals surface area contributed by atoms with Crippen LogP contribution in [0, 0.1) is 0 Å². The van der Waals surface area contributed by atoms with E-state index in [0.29, 0.717) is 41.7 Å². The van der Waals surface area contributed by atoms with E-state index < -0.39 is 6.09 Å². The van der Waals surface area contributed by atoms with Gasteiger partial charge in [0, 0.05) is 11.1 Å². The van der Waals surface area contributed by atoms with Crippen molar-refractivity contribution >= 4 is 23.5 Å². The molecule has 0 fully saturated rings. The summed E-state index contributed by atoms with van der Waals surface area (Å²) in [7, 11) is 0. The van der Waals surface area contributed by atoms with Crippen LogP contribution >= 0.6 is 11.6 Å². The predicted molar refractivity (Wildman–Crippen MR) is 91.8 cm³/mol. The van der Waals surface area contributed by atoms with Crippen molar-refractivity contribution in [1.29, 1.82) is 0 Å². The number of ketones is 1. The van der Waals surface area contributed by atoms with E-state index in [1.165, 1.54) is 0 Å². The molecule has 0 aliphatic rings. The zero-order valence-corrected chi connectivity index (χ0v) is 14.0. The maximum absolute atomic E-state index is 12.4. The summed E-state index contributed by atoms with van der Waals surface area (Å²) in [6.07, 6.45) is -0.471. The number of carbonyl (C=O) groups is 2. The molecule has 2 aromatic rings. The molecule has 6 heteroatoms. The van der Waals surface area contributed by atoms with E-state index in [2.05, 4.69) is 5.32 Å². The Morgan fingerprint density at radius 1 is 1.08 bits per heavy atom. The molecule has 126 valence electrons. The molecule has 2 rings (SSSR count). The van der Waals surface area contributed by atoms with Gasteiger partial charge in [0.1, 0.15) is 12.4 Å². The van der Waals surface area contributed by atoms with Gasteiger partial charge in [-0.1, -0.05) is 23.7 Å². The van der Waals surface area contributed by atoms with Crippen molar-refractivity contribution in [2.75, 3.05) is 19.8 Å². The number of nitrogens with one attached hydrogen (secondary N) is 1. The SMILES string of the molecule is CCOC(=O)NCCOc1ccc(C(=O)c2ccccc2Cl)cc1. The number of benzene rings is 2. The summed E-state index contributed by atoms with van der Waals surface area (Å²) in [6, 6.07) is 13.7.